The smallest absolute Gasteiger partial charge is 0.144 e. The summed E-state index contributed by atoms with van der Waals surface area (Å²) in [5.41, 5.74) is 1.10. The Hall–Kier alpha value is -0.760. The Morgan fingerprint density at radius 2 is 2.14 bits per heavy atom. The Bertz CT molecular complexity index is 334. The zero-order valence-corrected chi connectivity index (χ0v) is 9.21. The highest BCUT2D eigenvalue weighted by Crippen LogP contribution is 2.36. The van der Waals surface area contributed by atoms with Crippen LogP contribution in [0, 0.1) is 0 Å². The molecule has 0 spiro atoms. The lowest BCUT2D eigenvalue weighted by molar-refractivity contribution is 0.298. The molecule has 0 N–H and O–H groups in total. The molecule has 1 heterocycles. The number of pyridine rings is 1. The zero-order chi connectivity index (χ0) is 10.1. The molecule has 1 saturated carbocycles. The Morgan fingerprint density at radius 1 is 1.43 bits per heavy atom. The highest BCUT2D eigenvalue weighted by atomic mass is 35.5. The van der Waals surface area contributed by atoms with Gasteiger partial charge in [0.25, 0.3) is 0 Å². The topological polar surface area (TPSA) is 22.1 Å². The maximum atomic E-state index is 6.06. The minimum atomic E-state index is 0.382. The summed E-state index contributed by atoms with van der Waals surface area (Å²) in [5, 5.41) is 0.628. The van der Waals surface area contributed by atoms with Crippen molar-refractivity contribution in [1.29, 1.82) is 0 Å². The van der Waals surface area contributed by atoms with Gasteiger partial charge in [0, 0.05) is 18.0 Å². The summed E-state index contributed by atoms with van der Waals surface area (Å²) in [4.78, 5) is 4.08. The normalized spacial score (nSPS) is 16.0. The first kappa shape index (κ1) is 9.78. The minimum Gasteiger partial charge on any atom is -0.488 e. The third-order valence-corrected chi connectivity index (χ3v) is 2.58. The quantitative estimate of drug-likeness (QED) is 0.765. The van der Waals surface area contributed by atoms with Crippen molar-refractivity contribution >= 4 is 11.6 Å². The van der Waals surface area contributed by atoms with Crippen molar-refractivity contribution in [3.05, 3.63) is 23.0 Å². The molecule has 0 amide bonds. The summed E-state index contributed by atoms with van der Waals surface area (Å²) >= 11 is 6.06. The van der Waals surface area contributed by atoms with Gasteiger partial charge in [-0.1, -0.05) is 25.4 Å². The molecule has 1 aliphatic rings. The SMILES string of the molecule is CC(C)c1cncc(Cl)c1OC1CC1. The highest BCUT2D eigenvalue weighted by molar-refractivity contribution is 6.32. The summed E-state index contributed by atoms with van der Waals surface area (Å²) in [7, 11) is 0. The van der Waals surface area contributed by atoms with Gasteiger partial charge in [0.2, 0.25) is 0 Å². The summed E-state index contributed by atoms with van der Waals surface area (Å²) in [6.07, 6.45) is 6.17. The van der Waals surface area contributed by atoms with E-state index in [1.165, 1.54) is 0 Å². The second-order valence-corrected chi connectivity index (χ2v) is 4.42. The van der Waals surface area contributed by atoms with Gasteiger partial charge in [-0.25, -0.2) is 0 Å². The van der Waals surface area contributed by atoms with E-state index < -0.39 is 0 Å². The van der Waals surface area contributed by atoms with E-state index in [1.54, 1.807) is 6.20 Å². The third kappa shape index (κ3) is 2.01. The fraction of sp³-hybridized carbons (Fsp3) is 0.545. The molecule has 1 fully saturated rings. The average molecular weight is 212 g/mol. The van der Waals surface area contributed by atoms with Crippen LogP contribution in [-0.2, 0) is 0 Å². The number of nitrogens with zero attached hydrogens (tertiary/aromatic N) is 1. The molecule has 0 atom stereocenters. The van der Waals surface area contributed by atoms with Crippen molar-refractivity contribution in [2.45, 2.75) is 38.7 Å². The second-order valence-electron chi connectivity index (χ2n) is 4.01. The molecule has 2 nitrogen and oxygen atoms in total. The molecule has 2 rings (SSSR count). The number of aromatic nitrogens is 1. The van der Waals surface area contributed by atoms with E-state index >= 15 is 0 Å². The van der Waals surface area contributed by atoms with E-state index in [2.05, 4.69) is 18.8 Å². The lowest BCUT2D eigenvalue weighted by Gasteiger charge is -2.14. The van der Waals surface area contributed by atoms with Gasteiger partial charge >= 0.3 is 0 Å². The number of ether oxygens (including phenoxy) is 1. The largest absolute Gasteiger partial charge is 0.488 e. The first-order chi connectivity index (χ1) is 6.68. The molecule has 0 radical (unpaired) electrons. The Morgan fingerprint density at radius 3 is 2.71 bits per heavy atom. The van der Waals surface area contributed by atoms with Crippen LogP contribution in [0.5, 0.6) is 5.75 Å². The van der Waals surface area contributed by atoms with Crippen LogP contribution < -0.4 is 4.74 Å². The third-order valence-electron chi connectivity index (χ3n) is 2.31. The van der Waals surface area contributed by atoms with Crippen LogP contribution in [0.3, 0.4) is 0 Å². The molecule has 0 aliphatic heterocycles. The predicted octanol–water partition coefficient (Wildman–Crippen LogP) is 3.40. The van der Waals surface area contributed by atoms with E-state index in [4.69, 9.17) is 16.3 Å². The van der Waals surface area contributed by atoms with Crippen LogP contribution in [0.25, 0.3) is 0 Å². The van der Waals surface area contributed by atoms with Gasteiger partial charge < -0.3 is 4.74 Å². The molecule has 14 heavy (non-hydrogen) atoms. The first-order valence-corrected chi connectivity index (χ1v) is 5.36. The lowest BCUT2D eigenvalue weighted by Crippen LogP contribution is -2.02. The predicted molar refractivity (Wildman–Crippen MR) is 57.0 cm³/mol. The average Bonchev–Trinajstić information content (AvgIpc) is 2.91. The Balaban J connectivity index is 2.31. The second kappa shape index (κ2) is 3.77. The fourth-order valence-electron chi connectivity index (χ4n) is 1.33. The fourth-order valence-corrected chi connectivity index (χ4v) is 1.54. The summed E-state index contributed by atoms with van der Waals surface area (Å²) in [5.74, 6) is 1.23. The van der Waals surface area contributed by atoms with Gasteiger partial charge in [0.05, 0.1) is 6.10 Å². The van der Waals surface area contributed by atoms with Crippen molar-refractivity contribution in [3.63, 3.8) is 0 Å². The monoisotopic (exact) mass is 211 g/mol. The van der Waals surface area contributed by atoms with Gasteiger partial charge in [-0.15, -0.1) is 0 Å². The number of rotatable bonds is 3. The van der Waals surface area contributed by atoms with E-state index in [9.17, 15) is 0 Å². The van der Waals surface area contributed by atoms with E-state index in [0.717, 1.165) is 24.2 Å². The molecule has 3 heteroatoms. The molecule has 76 valence electrons. The van der Waals surface area contributed by atoms with Crippen molar-refractivity contribution in [2.75, 3.05) is 0 Å². The van der Waals surface area contributed by atoms with Gasteiger partial charge in [-0.3, -0.25) is 4.98 Å². The molecule has 1 aromatic heterocycles. The van der Waals surface area contributed by atoms with Crippen LogP contribution in [0.4, 0.5) is 0 Å². The van der Waals surface area contributed by atoms with Gasteiger partial charge in [0.15, 0.2) is 0 Å². The maximum Gasteiger partial charge on any atom is 0.144 e. The summed E-state index contributed by atoms with van der Waals surface area (Å²) < 4.78 is 5.78. The van der Waals surface area contributed by atoms with Crippen LogP contribution in [0.2, 0.25) is 5.02 Å². The van der Waals surface area contributed by atoms with Crippen LogP contribution in [0.1, 0.15) is 38.2 Å². The summed E-state index contributed by atoms with van der Waals surface area (Å²) in [6.45, 7) is 4.24. The van der Waals surface area contributed by atoms with Crippen LogP contribution >= 0.6 is 11.6 Å². The van der Waals surface area contributed by atoms with Gasteiger partial charge in [-0.2, -0.15) is 0 Å². The molecule has 0 unspecified atom stereocenters. The number of hydrogen-bond donors (Lipinski definition) is 0. The van der Waals surface area contributed by atoms with Crippen molar-refractivity contribution in [3.8, 4) is 5.75 Å². The molecular weight excluding hydrogens is 198 g/mol. The van der Waals surface area contributed by atoms with Crippen molar-refractivity contribution in [2.24, 2.45) is 0 Å². The van der Waals surface area contributed by atoms with Gasteiger partial charge in [0.1, 0.15) is 10.8 Å². The molecule has 0 saturated heterocycles. The van der Waals surface area contributed by atoms with Crippen molar-refractivity contribution < 1.29 is 4.74 Å². The zero-order valence-electron chi connectivity index (χ0n) is 8.46. The standard InChI is InChI=1S/C11H14ClNO/c1-7(2)9-5-13-6-10(12)11(9)14-8-3-4-8/h5-8H,3-4H2,1-2H3. The summed E-state index contributed by atoms with van der Waals surface area (Å²) in [6, 6.07) is 0. The number of hydrogen-bond acceptors (Lipinski definition) is 2. The van der Waals surface area contributed by atoms with Gasteiger partial charge in [-0.05, 0) is 18.8 Å². The molecule has 1 aromatic rings. The molecule has 0 bridgehead atoms. The van der Waals surface area contributed by atoms with E-state index in [-0.39, 0.29) is 0 Å². The van der Waals surface area contributed by atoms with E-state index in [1.807, 2.05) is 6.20 Å². The highest BCUT2D eigenvalue weighted by Gasteiger charge is 2.26. The van der Waals surface area contributed by atoms with Crippen LogP contribution in [0.15, 0.2) is 12.4 Å². The van der Waals surface area contributed by atoms with Crippen LogP contribution in [-0.4, -0.2) is 11.1 Å². The Kier molecular flexibility index (Phi) is 2.64. The molecule has 0 aromatic carbocycles. The molecule has 1 aliphatic carbocycles. The van der Waals surface area contributed by atoms with Crippen molar-refractivity contribution in [1.82, 2.24) is 4.98 Å². The maximum absolute atomic E-state index is 6.06. The Labute approximate surface area is 89.3 Å². The first-order valence-electron chi connectivity index (χ1n) is 4.98. The minimum absolute atomic E-state index is 0.382. The molecular formula is C11H14ClNO. The lowest BCUT2D eigenvalue weighted by atomic mass is 10.1. The van der Waals surface area contributed by atoms with E-state index in [0.29, 0.717) is 17.0 Å². The number of halogens is 1.